The molecule has 1 saturated heterocycles. The molecule has 1 aliphatic rings. The van der Waals surface area contributed by atoms with Crippen LogP contribution in [0.5, 0.6) is 5.75 Å². The van der Waals surface area contributed by atoms with Gasteiger partial charge in [0.15, 0.2) is 0 Å². The number of ether oxygens (including phenoxy) is 1. The Kier molecular flexibility index (Phi) is 4.25. The van der Waals surface area contributed by atoms with Crippen molar-refractivity contribution in [2.24, 2.45) is 5.41 Å². The number of nitrogens with zero attached hydrogens (tertiary/aromatic N) is 1. The highest BCUT2D eigenvalue weighted by Crippen LogP contribution is 2.33. The summed E-state index contributed by atoms with van der Waals surface area (Å²) in [4.78, 5) is 13.9. The Morgan fingerprint density at radius 3 is 2.89 bits per heavy atom. The van der Waals surface area contributed by atoms with Crippen LogP contribution in [0.15, 0.2) is 43.0 Å². The predicted octanol–water partition coefficient (Wildman–Crippen LogP) is 3.86. The molecule has 0 unspecified atom stereocenters. The number of allylic oxidation sites excluding steroid dienone is 1. The summed E-state index contributed by atoms with van der Waals surface area (Å²) in [7, 11) is 0. The number of amides is 1. The lowest BCUT2D eigenvalue weighted by atomic mass is 9.79. The summed E-state index contributed by atoms with van der Waals surface area (Å²) in [5, 5.41) is 0. The van der Waals surface area contributed by atoms with Gasteiger partial charge in [0.1, 0.15) is 5.75 Å². The van der Waals surface area contributed by atoms with E-state index in [0.29, 0.717) is 5.75 Å². The molecule has 2 rings (SSSR count). The van der Waals surface area contributed by atoms with E-state index in [1.807, 2.05) is 24.3 Å². The van der Waals surface area contributed by atoms with Gasteiger partial charge in [0.25, 0.3) is 0 Å². The highest BCUT2D eigenvalue weighted by Gasteiger charge is 2.32. The second kappa shape index (κ2) is 5.91. The number of carbonyl (C=O) groups is 1. The molecule has 1 aliphatic heterocycles. The molecule has 3 nitrogen and oxygen atoms in total. The van der Waals surface area contributed by atoms with Crippen LogP contribution >= 0.6 is 0 Å². The number of piperidine rings is 1. The van der Waals surface area contributed by atoms with Crippen molar-refractivity contribution in [3.8, 4) is 5.75 Å². The fourth-order valence-corrected chi connectivity index (χ4v) is 2.64. The topological polar surface area (TPSA) is 29.5 Å². The van der Waals surface area contributed by atoms with E-state index in [0.717, 1.165) is 32.4 Å². The lowest BCUT2D eigenvalue weighted by Crippen LogP contribution is -2.45. The molecule has 1 fully saturated rings. The second-order valence-corrected chi connectivity index (χ2v) is 5.51. The van der Waals surface area contributed by atoms with Crippen molar-refractivity contribution in [3.63, 3.8) is 0 Å². The summed E-state index contributed by atoms with van der Waals surface area (Å²) in [6.45, 7) is 7.52. The van der Waals surface area contributed by atoms with Crippen LogP contribution in [0, 0.1) is 5.41 Å². The van der Waals surface area contributed by atoms with Gasteiger partial charge in [-0.05, 0) is 36.8 Å². The van der Waals surface area contributed by atoms with Gasteiger partial charge in [0.05, 0.1) is 0 Å². The van der Waals surface area contributed by atoms with E-state index in [1.54, 1.807) is 17.0 Å². The molecule has 0 N–H and O–H groups in total. The van der Waals surface area contributed by atoms with E-state index in [2.05, 4.69) is 13.5 Å². The largest absolute Gasteiger partial charge is 0.415 e. The monoisotopic (exact) mass is 259 g/mol. The van der Waals surface area contributed by atoms with Crippen molar-refractivity contribution in [1.82, 2.24) is 4.90 Å². The minimum absolute atomic E-state index is 0.135. The second-order valence-electron chi connectivity index (χ2n) is 5.51. The van der Waals surface area contributed by atoms with Gasteiger partial charge >= 0.3 is 6.09 Å². The van der Waals surface area contributed by atoms with Crippen molar-refractivity contribution in [2.45, 2.75) is 26.2 Å². The maximum absolute atomic E-state index is 12.1. The van der Waals surface area contributed by atoms with E-state index >= 15 is 0 Å². The van der Waals surface area contributed by atoms with Gasteiger partial charge in [-0.25, -0.2) is 4.79 Å². The van der Waals surface area contributed by atoms with Crippen LogP contribution in [0.4, 0.5) is 4.79 Å². The number of para-hydroxylation sites is 1. The molecule has 1 heterocycles. The van der Waals surface area contributed by atoms with Gasteiger partial charge in [0, 0.05) is 13.1 Å². The summed E-state index contributed by atoms with van der Waals surface area (Å²) in [5.74, 6) is 0.600. The van der Waals surface area contributed by atoms with Crippen LogP contribution in [0.3, 0.4) is 0 Å². The molecular weight excluding hydrogens is 238 g/mol. The van der Waals surface area contributed by atoms with Gasteiger partial charge in [0.2, 0.25) is 0 Å². The number of hydrogen-bond acceptors (Lipinski definition) is 2. The molecule has 0 radical (unpaired) electrons. The Hall–Kier alpha value is -1.77. The summed E-state index contributed by atoms with van der Waals surface area (Å²) in [6, 6.07) is 9.22. The normalized spacial score (nSPS) is 22.9. The molecule has 1 atom stereocenters. The zero-order chi connectivity index (χ0) is 13.7. The molecule has 0 aromatic heterocycles. The van der Waals surface area contributed by atoms with Crippen LogP contribution < -0.4 is 4.74 Å². The third-order valence-electron chi connectivity index (χ3n) is 3.62. The van der Waals surface area contributed by atoms with Crippen LogP contribution in [0.2, 0.25) is 0 Å². The van der Waals surface area contributed by atoms with Gasteiger partial charge in [-0.2, -0.15) is 0 Å². The fourth-order valence-electron chi connectivity index (χ4n) is 2.64. The lowest BCUT2D eigenvalue weighted by Gasteiger charge is -2.39. The molecule has 0 saturated carbocycles. The number of likely N-dealkylation sites (tertiary alicyclic amines) is 1. The lowest BCUT2D eigenvalue weighted by molar-refractivity contribution is 0.0926. The first-order valence-corrected chi connectivity index (χ1v) is 6.76. The Labute approximate surface area is 114 Å². The molecule has 0 spiro atoms. The zero-order valence-corrected chi connectivity index (χ0v) is 11.5. The third kappa shape index (κ3) is 3.60. The zero-order valence-electron chi connectivity index (χ0n) is 11.5. The van der Waals surface area contributed by atoms with Crippen molar-refractivity contribution in [1.29, 1.82) is 0 Å². The molecule has 1 aromatic rings. The van der Waals surface area contributed by atoms with Crippen LogP contribution in [-0.4, -0.2) is 24.1 Å². The Morgan fingerprint density at radius 1 is 1.47 bits per heavy atom. The van der Waals surface area contributed by atoms with Gasteiger partial charge in [-0.3, -0.25) is 0 Å². The minimum atomic E-state index is -0.249. The highest BCUT2D eigenvalue weighted by atomic mass is 16.6. The van der Waals surface area contributed by atoms with Crippen LogP contribution in [-0.2, 0) is 0 Å². The quantitative estimate of drug-likeness (QED) is 0.771. The first kappa shape index (κ1) is 13.7. The molecule has 0 bridgehead atoms. The Morgan fingerprint density at radius 2 is 2.21 bits per heavy atom. The maximum Gasteiger partial charge on any atom is 0.415 e. The SMILES string of the molecule is C=CC[C@]1(C)CCCN(C(=O)Oc2ccccc2)C1. The minimum Gasteiger partial charge on any atom is -0.410 e. The van der Waals surface area contributed by atoms with Gasteiger partial charge in [-0.15, -0.1) is 6.58 Å². The molecule has 102 valence electrons. The summed E-state index contributed by atoms with van der Waals surface area (Å²) in [5.41, 5.74) is 0.135. The van der Waals surface area contributed by atoms with Crippen LogP contribution in [0.1, 0.15) is 26.2 Å². The molecular formula is C16H21NO2. The number of hydrogen-bond donors (Lipinski definition) is 0. The van der Waals surface area contributed by atoms with E-state index in [-0.39, 0.29) is 11.5 Å². The molecule has 1 aromatic carbocycles. The van der Waals surface area contributed by atoms with Crippen molar-refractivity contribution in [3.05, 3.63) is 43.0 Å². The summed E-state index contributed by atoms with van der Waals surface area (Å²) in [6.07, 6.45) is 4.78. The average Bonchev–Trinajstić information content (AvgIpc) is 2.40. The van der Waals surface area contributed by atoms with E-state index in [4.69, 9.17) is 4.74 Å². The molecule has 19 heavy (non-hydrogen) atoms. The predicted molar refractivity (Wildman–Crippen MR) is 76.2 cm³/mol. The standard InChI is InChI=1S/C16H21NO2/c1-3-10-16(2)11-7-12-17(13-16)15(18)19-14-8-5-4-6-9-14/h3-6,8-9H,1,7,10-13H2,2H3/t16-/m1/s1. The smallest absolute Gasteiger partial charge is 0.410 e. The summed E-state index contributed by atoms with van der Waals surface area (Å²) >= 11 is 0. The van der Waals surface area contributed by atoms with E-state index in [1.165, 1.54) is 0 Å². The van der Waals surface area contributed by atoms with Crippen molar-refractivity contribution < 1.29 is 9.53 Å². The Balaban J connectivity index is 1.97. The maximum atomic E-state index is 12.1. The molecule has 3 heteroatoms. The summed E-state index contributed by atoms with van der Waals surface area (Å²) < 4.78 is 5.39. The Bertz CT molecular complexity index is 443. The van der Waals surface area contributed by atoms with E-state index in [9.17, 15) is 4.79 Å². The van der Waals surface area contributed by atoms with E-state index < -0.39 is 0 Å². The highest BCUT2D eigenvalue weighted by molar-refractivity contribution is 5.70. The average molecular weight is 259 g/mol. The molecule has 0 aliphatic carbocycles. The first-order valence-electron chi connectivity index (χ1n) is 6.76. The van der Waals surface area contributed by atoms with Crippen LogP contribution in [0.25, 0.3) is 0 Å². The number of rotatable bonds is 3. The number of benzene rings is 1. The first-order chi connectivity index (χ1) is 9.13. The third-order valence-corrected chi connectivity index (χ3v) is 3.62. The van der Waals surface area contributed by atoms with Crippen molar-refractivity contribution in [2.75, 3.05) is 13.1 Å². The molecule has 1 amide bonds. The number of carbonyl (C=O) groups excluding carboxylic acids is 1. The fraction of sp³-hybridized carbons (Fsp3) is 0.438. The van der Waals surface area contributed by atoms with Crippen molar-refractivity contribution >= 4 is 6.09 Å². The van der Waals surface area contributed by atoms with Gasteiger partial charge in [-0.1, -0.05) is 31.2 Å². The van der Waals surface area contributed by atoms with Gasteiger partial charge < -0.3 is 9.64 Å².